The van der Waals surface area contributed by atoms with Crippen molar-refractivity contribution in [2.24, 2.45) is 23.1 Å². The van der Waals surface area contributed by atoms with Gasteiger partial charge in [-0.05, 0) is 57.8 Å². The van der Waals surface area contributed by atoms with Crippen molar-refractivity contribution in [3.05, 3.63) is 23.5 Å². The van der Waals surface area contributed by atoms with Crippen molar-refractivity contribution < 1.29 is 4.79 Å². The second kappa shape index (κ2) is 8.61. The zero-order chi connectivity index (χ0) is 22.4. The Kier molecular flexibility index (Phi) is 5.81. The standard InChI is InChI=1S/C23H36N8O/c1-14-12-31-21(27-22(14)29-9-7-16(24)13-29)11-19(28-31)20-4-2-3-8-30(20)23(32)18(26)10-17(25)15-5-6-15/h11-12,15-18,20H,2-10,13,24-26H2,1H3/t16-,17?,18?,20-/m0/s1. The Bertz CT molecular complexity index is 986. The first-order valence-electron chi connectivity index (χ1n) is 12.1. The summed E-state index contributed by atoms with van der Waals surface area (Å²) >= 11 is 0. The van der Waals surface area contributed by atoms with Crippen molar-refractivity contribution in [3.8, 4) is 0 Å². The van der Waals surface area contributed by atoms with Gasteiger partial charge >= 0.3 is 0 Å². The summed E-state index contributed by atoms with van der Waals surface area (Å²) in [5.74, 6) is 1.52. The number of nitrogens with zero attached hydrogens (tertiary/aromatic N) is 5. The summed E-state index contributed by atoms with van der Waals surface area (Å²) in [5.41, 5.74) is 21.4. The lowest BCUT2D eigenvalue weighted by atomic mass is 9.96. The topological polar surface area (TPSA) is 132 Å². The van der Waals surface area contributed by atoms with Gasteiger partial charge in [-0.2, -0.15) is 5.10 Å². The third kappa shape index (κ3) is 4.21. The van der Waals surface area contributed by atoms with Gasteiger partial charge in [0.1, 0.15) is 5.82 Å². The highest BCUT2D eigenvalue weighted by Crippen LogP contribution is 2.35. The maximum atomic E-state index is 13.3. The van der Waals surface area contributed by atoms with Gasteiger partial charge < -0.3 is 27.0 Å². The highest BCUT2D eigenvalue weighted by atomic mass is 16.2. The van der Waals surface area contributed by atoms with Gasteiger partial charge in [-0.1, -0.05) is 0 Å². The molecule has 1 saturated carbocycles. The van der Waals surface area contributed by atoms with Gasteiger partial charge in [0.05, 0.1) is 17.8 Å². The number of rotatable bonds is 6. The molecule has 174 valence electrons. The highest BCUT2D eigenvalue weighted by Gasteiger charge is 2.36. The second-order valence-corrected chi connectivity index (χ2v) is 10.0. The molecule has 2 aromatic rings. The lowest BCUT2D eigenvalue weighted by molar-refractivity contribution is -0.136. The van der Waals surface area contributed by atoms with E-state index in [1.54, 1.807) is 0 Å². The summed E-state index contributed by atoms with van der Waals surface area (Å²) in [6, 6.07) is 1.64. The van der Waals surface area contributed by atoms with E-state index >= 15 is 0 Å². The average Bonchev–Trinajstić information content (AvgIpc) is 3.43. The van der Waals surface area contributed by atoms with Crippen LogP contribution in [0, 0.1) is 12.8 Å². The number of carbonyl (C=O) groups is 1. The van der Waals surface area contributed by atoms with E-state index in [9.17, 15) is 4.79 Å². The first-order chi connectivity index (χ1) is 15.4. The molecule has 4 heterocycles. The summed E-state index contributed by atoms with van der Waals surface area (Å²) in [4.78, 5) is 22.4. The van der Waals surface area contributed by atoms with Crippen LogP contribution in [0.5, 0.6) is 0 Å². The molecule has 3 fully saturated rings. The number of amides is 1. The molecule has 2 aromatic heterocycles. The predicted octanol–water partition coefficient (Wildman–Crippen LogP) is 1.08. The number of likely N-dealkylation sites (tertiary alicyclic amines) is 1. The lowest BCUT2D eigenvalue weighted by Crippen LogP contribution is -2.49. The fourth-order valence-electron chi connectivity index (χ4n) is 5.31. The fraction of sp³-hybridized carbons (Fsp3) is 0.696. The van der Waals surface area contributed by atoms with Crippen LogP contribution in [0.15, 0.2) is 12.3 Å². The largest absolute Gasteiger partial charge is 0.355 e. The van der Waals surface area contributed by atoms with Crippen molar-refractivity contribution in [2.45, 2.75) is 76.0 Å². The van der Waals surface area contributed by atoms with E-state index in [0.717, 1.165) is 74.3 Å². The Hall–Kier alpha value is -2.23. The molecule has 4 atom stereocenters. The van der Waals surface area contributed by atoms with Crippen LogP contribution in [0.2, 0.25) is 0 Å². The second-order valence-electron chi connectivity index (χ2n) is 10.0. The van der Waals surface area contributed by atoms with Crippen molar-refractivity contribution in [3.63, 3.8) is 0 Å². The van der Waals surface area contributed by atoms with Crippen LogP contribution in [0.4, 0.5) is 5.82 Å². The molecule has 9 nitrogen and oxygen atoms in total. The highest BCUT2D eigenvalue weighted by molar-refractivity contribution is 5.82. The van der Waals surface area contributed by atoms with Crippen molar-refractivity contribution in [1.82, 2.24) is 19.5 Å². The number of anilines is 1. The summed E-state index contributed by atoms with van der Waals surface area (Å²) < 4.78 is 1.84. The molecular formula is C23H36N8O. The summed E-state index contributed by atoms with van der Waals surface area (Å²) in [6.07, 6.45) is 8.85. The van der Waals surface area contributed by atoms with E-state index in [1.807, 2.05) is 21.7 Å². The van der Waals surface area contributed by atoms with E-state index in [0.29, 0.717) is 18.9 Å². The molecule has 9 heteroatoms. The zero-order valence-electron chi connectivity index (χ0n) is 19.0. The zero-order valence-corrected chi connectivity index (χ0v) is 19.0. The third-order valence-corrected chi connectivity index (χ3v) is 7.35. The summed E-state index contributed by atoms with van der Waals surface area (Å²) in [7, 11) is 0. The number of hydrogen-bond acceptors (Lipinski definition) is 7. The molecular weight excluding hydrogens is 404 g/mol. The molecule has 0 radical (unpaired) electrons. The Balaban J connectivity index is 1.37. The summed E-state index contributed by atoms with van der Waals surface area (Å²) in [6.45, 7) is 4.54. The third-order valence-electron chi connectivity index (χ3n) is 7.35. The number of aromatic nitrogens is 3. The van der Waals surface area contributed by atoms with Crippen LogP contribution in [-0.4, -0.2) is 63.2 Å². The Morgan fingerprint density at radius 1 is 1.19 bits per heavy atom. The monoisotopic (exact) mass is 440 g/mol. The Morgan fingerprint density at radius 2 is 2.00 bits per heavy atom. The molecule has 2 unspecified atom stereocenters. The fourth-order valence-corrected chi connectivity index (χ4v) is 5.31. The van der Waals surface area contributed by atoms with Gasteiger partial charge in [0.15, 0.2) is 5.65 Å². The predicted molar refractivity (Wildman–Crippen MR) is 124 cm³/mol. The molecule has 32 heavy (non-hydrogen) atoms. The molecule has 0 aromatic carbocycles. The van der Waals surface area contributed by atoms with Crippen LogP contribution in [0.1, 0.15) is 62.2 Å². The van der Waals surface area contributed by atoms with Gasteiger partial charge in [-0.15, -0.1) is 0 Å². The van der Waals surface area contributed by atoms with E-state index in [-0.39, 0.29) is 24.0 Å². The van der Waals surface area contributed by atoms with Crippen LogP contribution in [0.25, 0.3) is 5.65 Å². The van der Waals surface area contributed by atoms with Crippen LogP contribution in [-0.2, 0) is 4.79 Å². The van der Waals surface area contributed by atoms with Crippen LogP contribution < -0.4 is 22.1 Å². The van der Waals surface area contributed by atoms with E-state index in [1.165, 1.54) is 0 Å². The molecule has 0 bridgehead atoms. The van der Waals surface area contributed by atoms with Gasteiger partial charge in [-0.3, -0.25) is 4.79 Å². The SMILES string of the molecule is Cc1cn2nc([C@@H]3CCCCN3C(=O)C(N)CC(N)C3CC3)cc2nc1N1CC[C@H](N)C1. The Morgan fingerprint density at radius 3 is 2.72 bits per heavy atom. The maximum absolute atomic E-state index is 13.3. The van der Waals surface area contributed by atoms with Crippen LogP contribution in [0.3, 0.4) is 0 Å². The van der Waals surface area contributed by atoms with Crippen molar-refractivity contribution in [1.29, 1.82) is 0 Å². The van der Waals surface area contributed by atoms with Crippen molar-refractivity contribution >= 4 is 17.4 Å². The molecule has 0 spiro atoms. The number of nitrogens with two attached hydrogens (primary N) is 3. The average molecular weight is 441 g/mol. The van der Waals surface area contributed by atoms with E-state index < -0.39 is 6.04 Å². The van der Waals surface area contributed by atoms with Crippen molar-refractivity contribution in [2.75, 3.05) is 24.5 Å². The molecule has 2 saturated heterocycles. The van der Waals surface area contributed by atoms with E-state index in [4.69, 9.17) is 27.3 Å². The number of hydrogen-bond donors (Lipinski definition) is 3. The maximum Gasteiger partial charge on any atom is 0.240 e. The number of carbonyl (C=O) groups excluding carboxylic acids is 1. The van der Waals surface area contributed by atoms with Gasteiger partial charge in [-0.25, -0.2) is 9.50 Å². The quantitative estimate of drug-likeness (QED) is 0.612. The van der Waals surface area contributed by atoms with Gasteiger partial charge in [0, 0.05) is 49.5 Å². The summed E-state index contributed by atoms with van der Waals surface area (Å²) in [5, 5.41) is 4.82. The molecule has 6 N–H and O–H groups in total. The molecule has 2 aliphatic heterocycles. The van der Waals surface area contributed by atoms with E-state index in [2.05, 4.69) is 11.8 Å². The minimum absolute atomic E-state index is 0.00117. The Labute approximate surface area is 189 Å². The normalized spacial score (nSPS) is 26.0. The number of aryl methyl sites for hydroxylation is 1. The molecule has 1 amide bonds. The first-order valence-corrected chi connectivity index (χ1v) is 12.1. The molecule has 3 aliphatic rings. The van der Waals surface area contributed by atoms with Gasteiger partial charge in [0.25, 0.3) is 0 Å². The minimum Gasteiger partial charge on any atom is -0.355 e. The minimum atomic E-state index is -0.547. The lowest BCUT2D eigenvalue weighted by Gasteiger charge is -2.36. The smallest absolute Gasteiger partial charge is 0.240 e. The molecule has 1 aliphatic carbocycles. The van der Waals surface area contributed by atoms with Crippen LogP contribution >= 0.6 is 0 Å². The first kappa shape index (κ1) is 21.6. The molecule has 5 rings (SSSR count). The number of piperidine rings is 1. The van der Waals surface area contributed by atoms with Gasteiger partial charge in [0.2, 0.25) is 5.91 Å². The number of fused-ring (bicyclic) bond motifs is 1.